The van der Waals surface area contributed by atoms with Gasteiger partial charge >= 0.3 is 0 Å². The summed E-state index contributed by atoms with van der Waals surface area (Å²) in [6, 6.07) is 7.38. The molecule has 21 heavy (non-hydrogen) atoms. The molecule has 1 aliphatic carbocycles. The summed E-state index contributed by atoms with van der Waals surface area (Å²) in [6.07, 6.45) is 2.39. The molecule has 4 rings (SSSR count). The summed E-state index contributed by atoms with van der Waals surface area (Å²) in [5.41, 5.74) is 0.731. The van der Waals surface area contributed by atoms with Crippen LogP contribution in [-0.2, 0) is 0 Å². The van der Waals surface area contributed by atoms with Crippen molar-refractivity contribution in [3.05, 3.63) is 35.1 Å². The van der Waals surface area contributed by atoms with Crippen LogP contribution in [0.2, 0.25) is 5.02 Å². The Bertz CT molecular complexity index is 784. The maximum absolute atomic E-state index is 6.12. The predicted octanol–water partition coefficient (Wildman–Crippen LogP) is 4.27. The van der Waals surface area contributed by atoms with Crippen LogP contribution in [0.5, 0.6) is 0 Å². The largest absolute Gasteiger partial charge is 0.411 e. The van der Waals surface area contributed by atoms with E-state index in [0.717, 1.165) is 15.7 Å². The van der Waals surface area contributed by atoms with Gasteiger partial charge in [0, 0.05) is 17.7 Å². The van der Waals surface area contributed by atoms with Crippen LogP contribution in [0.3, 0.4) is 0 Å². The molecule has 1 fully saturated rings. The van der Waals surface area contributed by atoms with Crippen LogP contribution in [0.15, 0.2) is 38.2 Å². The Balaban J connectivity index is 1.55. The van der Waals surface area contributed by atoms with Gasteiger partial charge in [-0.2, -0.15) is 4.37 Å². The second kappa shape index (κ2) is 5.40. The molecular formula is C13H9ClN4OS2. The maximum Gasteiger partial charge on any atom is 0.284 e. The first-order chi connectivity index (χ1) is 10.3. The number of hydrogen-bond acceptors (Lipinski definition) is 7. The molecule has 106 valence electrons. The molecule has 0 spiro atoms. The number of aromatic nitrogens is 4. The van der Waals surface area contributed by atoms with Crippen molar-refractivity contribution < 1.29 is 4.42 Å². The minimum absolute atomic E-state index is 0.412. The smallest absolute Gasteiger partial charge is 0.284 e. The van der Waals surface area contributed by atoms with Gasteiger partial charge in [-0.05, 0) is 36.5 Å². The molecule has 0 unspecified atom stereocenters. The first-order valence-electron chi connectivity index (χ1n) is 6.39. The third-order valence-electron chi connectivity index (χ3n) is 3.05. The number of rotatable bonds is 4. The quantitative estimate of drug-likeness (QED) is 0.708. The van der Waals surface area contributed by atoms with Gasteiger partial charge in [0.1, 0.15) is 5.82 Å². The third kappa shape index (κ3) is 2.81. The highest BCUT2D eigenvalue weighted by atomic mass is 35.5. The Morgan fingerprint density at radius 2 is 2.10 bits per heavy atom. The van der Waals surface area contributed by atoms with Gasteiger partial charge in [-0.15, -0.1) is 10.2 Å². The average Bonchev–Trinajstić information content (AvgIpc) is 3.06. The van der Waals surface area contributed by atoms with E-state index < -0.39 is 0 Å². The van der Waals surface area contributed by atoms with E-state index in [1.54, 1.807) is 6.07 Å². The predicted molar refractivity (Wildman–Crippen MR) is 80.8 cm³/mol. The topological polar surface area (TPSA) is 64.7 Å². The zero-order chi connectivity index (χ0) is 14.2. The van der Waals surface area contributed by atoms with E-state index in [1.165, 1.54) is 36.1 Å². The second-order valence-electron chi connectivity index (χ2n) is 4.65. The van der Waals surface area contributed by atoms with Gasteiger partial charge in [0.25, 0.3) is 5.22 Å². The van der Waals surface area contributed by atoms with E-state index in [4.69, 9.17) is 16.0 Å². The standard InChI is InChI=1S/C13H9ClN4OS2/c14-9-4-2-1-3-8(9)11-16-17-12(19-11)20-13-15-10(18-21-13)7-5-6-7/h1-4,7H,5-6H2. The van der Waals surface area contributed by atoms with Crippen molar-refractivity contribution in [3.63, 3.8) is 0 Å². The van der Waals surface area contributed by atoms with Gasteiger partial charge in [0.2, 0.25) is 5.89 Å². The molecule has 2 aromatic heterocycles. The van der Waals surface area contributed by atoms with E-state index >= 15 is 0 Å². The summed E-state index contributed by atoms with van der Waals surface area (Å²) in [5, 5.41) is 9.09. The van der Waals surface area contributed by atoms with Crippen LogP contribution in [0.1, 0.15) is 24.6 Å². The molecule has 0 aliphatic heterocycles. The number of hydrogen-bond donors (Lipinski definition) is 0. The zero-order valence-electron chi connectivity index (χ0n) is 10.7. The molecule has 0 atom stereocenters. The highest BCUT2D eigenvalue weighted by Gasteiger charge is 2.28. The maximum atomic E-state index is 6.12. The second-order valence-corrected chi connectivity index (χ2v) is 7.01. The fourth-order valence-corrected chi connectivity index (χ4v) is 3.52. The SMILES string of the molecule is Clc1ccccc1-c1nnc(Sc2nc(C3CC3)ns2)o1. The summed E-state index contributed by atoms with van der Waals surface area (Å²) in [7, 11) is 0. The normalized spacial score (nSPS) is 14.5. The molecule has 5 nitrogen and oxygen atoms in total. The minimum Gasteiger partial charge on any atom is -0.411 e. The van der Waals surface area contributed by atoms with Crippen molar-refractivity contribution in [2.75, 3.05) is 0 Å². The van der Waals surface area contributed by atoms with Crippen molar-refractivity contribution in [2.24, 2.45) is 0 Å². The first kappa shape index (κ1) is 13.2. The highest BCUT2D eigenvalue weighted by Crippen LogP contribution is 2.40. The Labute approximate surface area is 133 Å². The van der Waals surface area contributed by atoms with Crippen molar-refractivity contribution in [1.29, 1.82) is 0 Å². The van der Waals surface area contributed by atoms with Crippen molar-refractivity contribution in [1.82, 2.24) is 19.6 Å². The van der Waals surface area contributed by atoms with E-state index in [-0.39, 0.29) is 0 Å². The molecule has 1 aromatic carbocycles. The summed E-state index contributed by atoms with van der Waals surface area (Å²) >= 11 is 8.82. The Morgan fingerprint density at radius 3 is 2.90 bits per heavy atom. The van der Waals surface area contributed by atoms with Crippen LogP contribution >= 0.6 is 34.9 Å². The summed E-state index contributed by atoms with van der Waals surface area (Å²) < 4.78 is 10.8. The zero-order valence-corrected chi connectivity index (χ0v) is 13.1. The van der Waals surface area contributed by atoms with Crippen molar-refractivity contribution >= 4 is 34.9 Å². The Hall–Kier alpha value is -1.44. The Kier molecular flexibility index (Phi) is 3.40. The molecule has 2 heterocycles. The number of benzene rings is 1. The monoisotopic (exact) mass is 336 g/mol. The minimum atomic E-state index is 0.412. The molecule has 1 aliphatic rings. The fourth-order valence-electron chi connectivity index (χ4n) is 1.84. The van der Waals surface area contributed by atoms with Crippen molar-refractivity contribution in [2.45, 2.75) is 28.3 Å². The van der Waals surface area contributed by atoms with E-state index in [2.05, 4.69) is 19.6 Å². The van der Waals surface area contributed by atoms with E-state index in [0.29, 0.717) is 22.1 Å². The highest BCUT2D eigenvalue weighted by molar-refractivity contribution is 8.00. The lowest BCUT2D eigenvalue weighted by Crippen LogP contribution is -1.80. The van der Waals surface area contributed by atoms with Gasteiger partial charge in [0.05, 0.1) is 10.6 Å². The lowest BCUT2D eigenvalue weighted by atomic mass is 10.2. The Morgan fingerprint density at radius 1 is 1.24 bits per heavy atom. The molecule has 8 heteroatoms. The van der Waals surface area contributed by atoms with Crippen molar-refractivity contribution in [3.8, 4) is 11.5 Å². The van der Waals surface area contributed by atoms with Gasteiger partial charge in [-0.1, -0.05) is 23.7 Å². The van der Waals surface area contributed by atoms with Crippen LogP contribution in [0.25, 0.3) is 11.5 Å². The molecular weight excluding hydrogens is 328 g/mol. The molecule has 0 N–H and O–H groups in total. The van der Waals surface area contributed by atoms with Gasteiger partial charge in [-0.3, -0.25) is 0 Å². The summed E-state index contributed by atoms with van der Waals surface area (Å²) in [4.78, 5) is 4.48. The molecule has 3 aromatic rings. The first-order valence-corrected chi connectivity index (χ1v) is 8.36. The molecule has 1 saturated carbocycles. The van der Waals surface area contributed by atoms with Crippen LogP contribution < -0.4 is 0 Å². The molecule has 0 bridgehead atoms. The summed E-state index contributed by atoms with van der Waals surface area (Å²) in [5.74, 6) is 1.90. The molecule has 0 amide bonds. The summed E-state index contributed by atoms with van der Waals surface area (Å²) in [6.45, 7) is 0. The van der Waals surface area contributed by atoms with E-state index in [1.807, 2.05) is 18.2 Å². The van der Waals surface area contributed by atoms with E-state index in [9.17, 15) is 0 Å². The van der Waals surface area contributed by atoms with Crippen LogP contribution in [-0.4, -0.2) is 19.6 Å². The van der Waals surface area contributed by atoms with Crippen LogP contribution in [0.4, 0.5) is 0 Å². The third-order valence-corrected chi connectivity index (χ3v) is 4.99. The molecule has 0 saturated heterocycles. The lowest BCUT2D eigenvalue weighted by molar-refractivity contribution is 0.466. The average molecular weight is 337 g/mol. The van der Waals surface area contributed by atoms with Gasteiger partial charge < -0.3 is 4.42 Å². The molecule has 0 radical (unpaired) electrons. The van der Waals surface area contributed by atoms with Gasteiger partial charge in [0.15, 0.2) is 4.34 Å². The number of nitrogens with zero attached hydrogens (tertiary/aromatic N) is 4. The van der Waals surface area contributed by atoms with Gasteiger partial charge in [-0.25, -0.2) is 4.98 Å². The lowest BCUT2D eigenvalue weighted by Gasteiger charge is -1.96. The van der Waals surface area contributed by atoms with Crippen LogP contribution in [0, 0.1) is 0 Å². The number of halogens is 1. The fraction of sp³-hybridized carbons (Fsp3) is 0.231.